The van der Waals surface area contributed by atoms with Crippen molar-refractivity contribution >= 4 is 22.9 Å². The van der Waals surface area contributed by atoms with Gasteiger partial charge in [-0.2, -0.15) is 0 Å². The molecule has 8 nitrogen and oxygen atoms in total. The molecule has 5 rings (SSSR count). The first-order valence-corrected chi connectivity index (χ1v) is 10.5. The minimum Gasteiger partial charge on any atom is -0.489 e. The third-order valence-electron chi connectivity index (χ3n) is 5.61. The molecule has 1 aliphatic heterocycles. The summed E-state index contributed by atoms with van der Waals surface area (Å²) in [7, 11) is 0. The standard InChI is InChI=1S/C24H23N5O3/c30-24(31)29-12-10-28(11-13-29)19-14-21-23(25-15-19)27-22(26-21)18-6-8-20(9-7-18)32-16-17-4-2-1-3-5-17/h1-9,14-15H,10-13,16H2,(H,30,31)(H,25,26,27). The molecule has 8 heteroatoms. The molecular formula is C24H23N5O3. The monoisotopic (exact) mass is 429 g/mol. The highest BCUT2D eigenvalue weighted by molar-refractivity contribution is 5.79. The smallest absolute Gasteiger partial charge is 0.407 e. The van der Waals surface area contributed by atoms with Crippen molar-refractivity contribution in [1.29, 1.82) is 0 Å². The SMILES string of the molecule is O=C(O)N1CCN(c2cnc3[nH]c(-c4ccc(OCc5ccccc5)cc4)nc3c2)CC1. The zero-order valence-electron chi connectivity index (χ0n) is 17.4. The fourth-order valence-corrected chi connectivity index (χ4v) is 3.80. The molecule has 0 bridgehead atoms. The van der Waals surface area contributed by atoms with Gasteiger partial charge in [0, 0.05) is 31.7 Å². The summed E-state index contributed by atoms with van der Waals surface area (Å²) in [5.74, 6) is 1.55. The first-order valence-electron chi connectivity index (χ1n) is 10.5. The zero-order chi connectivity index (χ0) is 21.9. The summed E-state index contributed by atoms with van der Waals surface area (Å²) < 4.78 is 5.86. The third-order valence-corrected chi connectivity index (χ3v) is 5.61. The fourth-order valence-electron chi connectivity index (χ4n) is 3.80. The number of nitrogens with one attached hydrogen (secondary N) is 1. The number of piperazine rings is 1. The molecule has 1 fully saturated rings. The van der Waals surface area contributed by atoms with E-state index in [1.165, 1.54) is 4.90 Å². The molecule has 0 aliphatic carbocycles. The van der Waals surface area contributed by atoms with Gasteiger partial charge < -0.3 is 24.6 Å². The van der Waals surface area contributed by atoms with Crippen molar-refractivity contribution in [2.75, 3.05) is 31.1 Å². The van der Waals surface area contributed by atoms with Crippen LogP contribution in [-0.2, 0) is 6.61 Å². The van der Waals surface area contributed by atoms with Crippen LogP contribution in [0.25, 0.3) is 22.6 Å². The van der Waals surface area contributed by atoms with E-state index in [4.69, 9.17) is 14.8 Å². The van der Waals surface area contributed by atoms with Crippen molar-refractivity contribution in [3.8, 4) is 17.1 Å². The van der Waals surface area contributed by atoms with Gasteiger partial charge in [0.1, 0.15) is 23.7 Å². The maximum atomic E-state index is 11.1. The van der Waals surface area contributed by atoms with Crippen molar-refractivity contribution in [3.63, 3.8) is 0 Å². The number of aromatic nitrogens is 3. The number of fused-ring (bicyclic) bond motifs is 1. The Morgan fingerprint density at radius 2 is 1.78 bits per heavy atom. The number of carboxylic acid groups (broad SMARTS) is 1. The number of ether oxygens (including phenoxy) is 1. The van der Waals surface area contributed by atoms with Crippen LogP contribution in [0.2, 0.25) is 0 Å². The topological polar surface area (TPSA) is 94.6 Å². The van der Waals surface area contributed by atoms with Gasteiger partial charge in [-0.25, -0.2) is 14.8 Å². The van der Waals surface area contributed by atoms with E-state index in [1.807, 2.05) is 60.7 Å². The highest BCUT2D eigenvalue weighted by atomic mass is 16.5. The van der Waals surface area contributed by atoms with E-state index in [9.17, 15) is 4.79 Å². The Morgan fingerprint density at radius 3 is 2.50 bits per heavy atom. The molecule has 0 unspecified atom stereocenters. The minimum absolute atomic E-state index is 0.484. The summed E-state index contributed by atoms with van der Waals surface area (Å²) in [6.07, 6.45) is 0.938. The van der Waals surface area contributed by atoms with E-state index in [0.717, 1.165) is 39.6 Å². The second-order valence-corrected chi connectivity index (χ2v) is 7.70. The highest BCUT2D eigenvalue weighted by Gasteiger charge is 2.21. The predicted molar refractivity (Wildman–Crippen MR) is 122 cm³/mol. The van der Waals surface area contributed by atoms with Gasteiger partial charge in [0.25, 0.3) is 0 Å². The Hall–Kier alpha value is -4.07. The van der Waals surface area contributed by atoms with Crippen LogP contribution < -0.4 is 9.64 Å². The molecule has 3 heterocycles. The van der Waals surface area contributed by atoms with Crippen LogP contribution in [0, 0.1) is 0 Å². The van der Waals surface area contributed by atoms with Crippen LogP contribution in [0.3, 0.4) is 0 Å². The van der Waals surface area contributed by atoms with Crippen LogP contribution in [0.4, 0.5) is 10.5 Å². The van der Waals surface area contributed by atoms with Gasteiger partial charge >= 0.3 is 6.09 Å². The van der Waals surface area contributed by atoms with Crippen LogP contribution in [0.15, 0.2) is 66.9 Å². The van der Waals surface area contributed by atoms with Crippen molar-refractivity contribution in [3.05, 3.63) is 72.4 Å². The highest BCUT2D eigenvalue weighted by Crippen LogP contribution is 2.25. The van der Waals surface area contributed by atoms with Crippen molar-refractivity contribution in [2.45, 2.75) is 6.61 Å². The zero-order valence-corrected chi connectivity index (χ0v) is 17.4. The molecule has 162 valence electrons. The minimum atomic E-state index is -0.869. The summed E-state index contributed by atoms with van der Waals surface area (Å²) in [6, 6.07) is 19.9. The van der Waals surface area contributed by atoms with E-state index in [0.29, 0.717) is 32.8 Å². The number of nitrogens with zero attached hydrogens (tertiary/aromatic N) is 4. The number of carbonyl (C=O) groups is 1. The largest absolute Gasteiger partial charge is 0.489 e. The molecule has 0 radical (unpaired) electrons. The summed E-state index contributed by atoms with van der Waals surface area (Å²) >= 11 is 0. The van der Waals surface area contributed by atoms with E-state index in [2.05, 4.69) is 14.9 Å². The van der Waals surface area contributed by atoms with Gasteiger partial charge in [-0.05, 0) is 35.9 Å². The molecule has 1 amide bonds. The maximum absolute atomic E-state index is 11.1. The van der Waals surface area contributed by atoms with E-state index in [-0.39, 0.29) is 0 Å². The van der Waals surface area contributed by atoms with Crippen LogP contribution in [0.5, 0.6) is 5.75 Å². The lowest BCUT2D eigenvalue weighted by molar-refractivity contribution is 0.142. The molecule has 2 N–H and O–H groups in total. The molecule has 0 atom stereocenters. The normalized spacial score (nSPS) is 14.0. The lowest BCUT2D eigenvalue weighted by Crippen LogP contribution is -2.48. The number of H-pyrrole nitrogens is 1. The van der Waals surface area contributed by atoms with Gasteiger partial charge in [0.15, 0.2) is 5.65 Å². The van der Waals surface area contributed by atoms with Crippen LogP contribution in [-0.4, -0.2) is 57.2 Å². The van der Waals surface area contributed by atoms with E-state index >= 15 is 0 Å². The summed E-state index contributed by atoms with van der Waals surface area (Å²) in [5, 5.41) is 9.12. The van der Waals surface area contributed by atoms with Crippen LogP contribution >= 0.6 is 0 Å². The molecule has 0 saturated carbocycles. The molecule has 4 aromatic rings. The van der Waals surface area contributed by atoms with Gasteiger partial charge in [-0.3, -0.25) is 0 Å². The Morgan fingerprint density at radius 1 is 1.03 bits per heavy atom. The Labute approximate surface area is 185 Å². The maximum Gasteiger partial charge on any atom is 0.407 e. The Balaban J connectivity index is 1.28. The number of anilines is 1. The molecule has 2 aromatic heterocycles. The molecular weight excluding hydrogens is 406 g/mol. The van der Waals surface area contributed by atoms with Crippen LogP contribution in [0.1, 0.15) is 5.56 Å². The lowest BCUT2D eigenvalue weighted by atomic mass is 10.2. The Bertz CT molecular complexity index is 1220. The summed E-state index contributed by atoms with van der Waals surface area (Å²) in [6.45, 7) is 2.77. The van der Waals surface area contributed by atoms with Crippen molar-refractivity contribution in [2.24, 2.45) is 0 Å². The number of rotatable bonds is 5. The average Bonchev–Trinajstić information content (AvgIpc) is 3.27. The van der Waals surface area contributed by atoms with Gasteiger partial charge in [0.05, 0.1) is 11.9 Å². The predicted octanol–water partition coefficient (Wildman–Crippen LogP) is 4.00. The second-order valence-electron chi connectivity index (χ2n) is 7.70. The van der Waals surface area contributed by atoms with Crippen molar-refractivity contribution < 1.29 is 14.6 Å². The quantitative estimate of drug-likeness (QED) is 0.498. The summed E-state index contributed by atoms with van der Waals surface area (Å²) in [4.78, 5) is 27.2. The first kappa shape index (κ1) is 19.9. The summed E-state index contributed by atoms with van der Waals surface area (Å²) in [5.41, 5.74) is 4.52. The van der Waals surface area contributed by atoms with Gasteiger partial charge in [-0.15, -0.1) is 0 Å². The fraction of sp³-hybridized carbons (Fsp3) is 0.208. The molecule has 1 aliphatic rings. The number of hydrogen-bond donors (Lipinski definition) is 2. The van der Waals surface area contributed by atoms with Crippen molar-refractivity contribution in [1.82, 2.24) is 19.9 Å². The lowest BCUT2D eigenvalue weighted by Gasteiger charge is -2.34. The first-order chi connectivity index (χ1) is 15.7. The molecule has 2 aromatic carbocycles. The molecule has 1 saturated heterocycles. The average molecular weight is 429 g/mol. The number of hydrogen-bond acceptors (Lipinski definition) is 5. The second kappa shape index (κ2) is 8.58. The van der Waals surface area contributed by atoms with Gasteiger partial charge in [0.2, 0.25) is 0 Å². The number of benzene rings is 2. The Kier molecular flexibility index (Phi) is 5.33. The number of pyridine rings is 1. The molecule has 32 heavy (non-hydrogen) atoms. The number of amides is 1. The van der Waals surface area contributed by atoms with E-state index in [1.54, 1.807) is 6.20 Å². The van der Waals surface area contributed by atoms with Gasteiger partial charge in [-0.1, -0.05) is 30.3 Å². The number of aromatic amines is 1. The number of imidazole rings is 1. The third kappa shape index (κ3) is 4.20. The molecule has 0 spiro atoms. The van der Waals surface area contributed by atoms with E-state index < -0.39 is 6.09 Å².